The zero-order chi connectivity index (χ0) is 17.2. The molecule has 0 bridgehead atoms. The molecule has 0 unspecified atom stereocenters. The third-order valence-corrected chi connectivity index (χ3v) is 4.65. The Morgan fingerprint density at radius 3 is 2.67 bits per heavy atom. The van der Waals surface area contributed by atoms with Gasteiger partial charge in [-0.2, -0.15) is 0 Å². The fourth-order valence-corrected chi connectivity index (χ4v) is 3.15. The minimum Gasteiger partial charge on any atom is -0.493 e. The summed E-state index contributed by atoms with van der Waals surface area (Å²) in [6, 6.07) is 5.96. The fraction of sp³-hybridized carbons (Fsp3) is 0.632. The molecule has 0 aromatic heterocycles. The monoisotopic (exact) mass is 334 g/mol. The number of benzene rings is 1. The number of piperidine rings is 1. The average Bonchev–Trinajstić information content (AvgIpc) is 2.64. The Balaban J connectivity index is 1.62. The second kappa shape index (κ2) is 10.2. The summed E-state index contributed by atoms with van der Waals surface area (Å²) in [7, 11) is 3.28. The molecule has 0 atom stereocenters. The smallest absolute Gasteiger partial charge is 0.220 e. The molecule has 1 saturated heterocycles. The van der Waals surface area contributed by atoms with E-state index in [0.717, 1.165) is 50.4 Å². The fourth-order valence-electron chi connectivity index (χ4n) is 3.15. The second-order valence-electron chi connectivity index (χ2n) is 6.37. The van der Waals surface area contributed by atoms with Crippen LogP contribution in [0.2, 0.25) is 0 Å². The van der Waals surface area contributed by atoms with E-state index in [-0.39, 0.29) is 5.91 Å². The Hall–Kier alpha value is -1.75. The third-order valence-electron chi connectivity index (χ3n) is 4.65. The lowest BCUT2D eigenvalue weighted by Crippen LogP contribution is -2.29. The van der Waals surface area contributed by atoms with E-state index in [1.807, 2.05) is 18.2 Å². The van der Waals surface area contributed by atoms with Gasteiger partial charge in [0.05, 0.1) is 14.2 Å². The van der Waals surface area contributed by atoms with Crippen molar-refractivity contribution in [1.82, 2.24) is 10.6 Å². The van der Waals surface area contributed by atoms with Crippen molar-refractivity contribution in [3.63, 3.8) is 0 Å². The van der Waals surface area contributed by atoms with Crippen LogP contribution in [-0.2, 0) is 11.2 Å². The maximum atomic E-state index is 11.9. The second-order valence-corrected chi connectivity index (χ2v) is 6.37. The molecule has 5 nitrogen and oxygen atoms in total. The van der Waals surface area contributed by atoms with Gasteiger partial charge in [0.1, 0.15) is 0 Å². The average molecular weight is 334 g/mol. The largest absolute Gasteiger partial charge is 0.493 e. The highest BCUT2D eigenvalue weighted by atomic mass is 16.5. The molecule has 1 aliphatic rings. The third kappa shape index (κ3) is 6.04. The molecule has 0 radical (unpaired) electrons. The lowest BCUT2D eigenvalue weighted by molar-refractivity contribution is -0.121. The van der Waals surface area contributed by atoms with E-state index >= 15 is 0 Å². The van der Waals surface area contributed by atoms with Gasteiger partial charge in [0, 0.05) is 13.0 Å². The van der Waals surface area contributed by atoms with Crippen LogP contribution in [0.15, 0.2) is 18.2 Å². The minimum absolute atomic E-state index is 0.181. The highest BCUT2D eigenvalue weighted by Gasteiger charge is 2.14. The summed E-state index contributed by atoms with van der Waals surface area (Å²) in [6.45, 7) is 2.91. The van der Waals surface area contributed by atoms with Gasteiger partial charge >= 0.3 is 0 Å². The number of hydrogen-bond donors (Lipinski definition) is 2. The topological polar surface area (TPSA) is 59.6 Å². The standard InChI is InChI=1S/C19H30N2O3/c1-23-17-7-5-16(14-18(17)24-2)4-3-11-21-19(22)8-6-15-9-12-20-13-10-15/h5,7,14-15,20H,3-4,6,8-13H2,1-2H3,(H,21,22). The quantitative estimate of drug-likeness (QED) is 0.681. The van der Waals surface area contributed by atoms with Crippen LogP contribution < -0.4 is 20.1 Å². The maximum Gasteiger partial charge on any atom is 0.220 e. The van der Waals surface area contributed by atoms with Crippen molar-refractivity contribution in [2.45, 2.75) is 38.5 Å². The number of methoxy groups -OCH3 is 2. The van der Waals surface area contributed by atoms with Gasteiger partial charge in [0.2, 0.25) is 5.91 Å². The molecule has 1 aromatic rings. The molecular weight excluding hydrogens is 304 g/mol. The minimum atomic E-state index is 0.181. The van der Waals surface area contributed by atoms with Crippen LogP contribution in [0.3, 0.4) is 0 Å². The first kappa shape index (κ1) is 18.6. The van der Waals surface area contributed by atoms with E-state index in [1.165, 1.54) is 18.4 Å². The van der Waals surface area contributed by atoms with Gasteiger partial charge in [-0.05, 0) is 68.8 Å². The lowest BCUT2D eigenvalue weighted by Gasteiger charge is -2.22. The summed E-state index contributed by atoms with van der Waals surface area (Å²) >= 11 is 0. The van der Waals surface area contributed by atoms with E-state index in [1.54, 1.807) is 14.2 Å². The Labute approximate surface area is 145 Å². The van der Waals surface area contributed by atoms with Crippen molar-refractivity contribution in [2.75, 3.05) is 33.9 Å². The van der Waals surface area contributed by atoms with Crippen molar-refractivity contribution in [1.29, 1.82) is 0 Å². The number of ether oxygens (including phenoxy) is 2. The zero-order valence-corrected chi connectivity index (χ0v) is 14.9. The van der Waals surface area contributed by atoms with Crippen LogP contribution in [0.4, 0.5) is 0 Å². The highest BCUT2D eigenvalue weighted by molar-refractivity contribution is 5.75. The first-order chi connectivity index (χ1) is 11.7. The Morgan fingerprint density at radius 1 is 1.21 bits per heavy atom. The van der Waals surface area contributed by atoms with E-state index in [9.17, 15) is 4.79 Å². The van der Waals surface area contributed by atoms with Gasteiger partial charge in [-0.3, -0.25) is 4.79 Å². The first-order valence-electron chi connectivity index (χ1n) is 8.91. The van der Waals surface area contributed by atoms with Crippen molar-refractivity contribution in [2.24, 2.45) is 5.92 Å². The first-order valence-corrected chi connectivity index (χ1v) is 8.91. The molecule has 134 valence electrons. The molecule has 0 aliphatic carbocycles. The predicted octanol–water partition coefficient (Wildman–Crippen LogP) is 2.53. The summed E-state index contributed by atoms with van der Waals surface area (Å²) in [5.74, 6) is 2.39. The molecule has 2 rings (SSSR count). The molecule has 0 saturated carbocycles. The molecule has 0 spiro atoms. The van der Waals surface area contributed by atoms with Gasteiger partial charge < -0.3 is 20.1 Å². The number of carbonyl (C=O) groups is 1. The van der Waals surface area contributed by atoms with E-state index in [2.05, 4.69) is 10.6 Å². The number of rotatable bonds is 9. The predicted molar refractivity (Wildman–Crippen MR) is 95.7 cm³/mol. The molecule has 1 heterocycles. The van der Waals surface area contributed by atoms with Crippen LogP contribution in [-0.4, -0.2) is 39.8 Å². The number of carbonyl (C=O) groups excluding carboxylic acids is 1. The number of hydrogen-bond acceptors (Lipinski definition) is 4. The summed E-state index contributed by atoms with van der Waals surface area (Å²) in [5.41, 5.74) is 1.19. The van der Waals surface area contributed by atoms with Crippen LogP contribution in [0.25, 0.3) is 0 Å². The van der Waals surface area contributed by atoms with Gasteiger partial charge in [-0.15, -0.1) is 0 Å². The van der Waals surface area contributed by atoms with Crippen molar-refractivity contribution < 1.29 is 14.3 Å². The zero-order valence-electron chi connectivity index (χ0n) is 14.9. The van der Waals surface area contributed by atoms with Crippen LogP contribution in [0, 0.1) is 5.92 Å². The highest BCUT2D eigenvalue weighted by Crippen LogP contribution is 2.27. The maximum absolute atomic E-state index is 11.9. The Kier molecular flexibility index (Phi) is 7.89. The summed E-state index contributed by atoms with van der Waals surface area (Å²) < 4.78 is 10.6. The van der Waals surface area contributed by atoms with Gasteiger partial charge in [0.25, 0.3) is 0 Å². The summed E-state index contributed by atoms with van der Waals surface area (Å²) in [4.78, 5) is 11.9. The Bertz CT molecular complexity index is 513. The van der Waals surface area contributed by atoms with Crippen molar-refractivity contribution in [3.8, 4) is 11.5 Å². The summed E-state index contributed by atoms with van der Waals surface area (Å²) in [6.07, 6.45) is 5.91. The van der Waals surface area contributed by atoms with Crippen molar-refractivity contribution >= 4 is 5.91 Å². The van der Waals surface area contributed by atoms with Crippen LogP contribution >= 0.6 is 0 Å². The molecule has 1 aromatic carbocycles. The molecule has 1 aliphatic heterocycles. The molecule has 1 fully saturated rings. The molecule has 5 heteroatoms. The SMILES string of the molecule is COc1ccc(CCCNC(=O)CCC2CCNCC2)cc1OC. The molecular formula is C19H30N2O3. The number of amides is 1. The van der Waals surface area contributed by atoms with Gasteiger partial charge in [0.15, 0.2) is 11.5 Å². The van der Waals surface area contributed by atoms with E-state index < -0.39 is 0 Å². The van der Waals surface area contributed by atoms with Crippen molar-refractivity contribution in [3.05, 3.63) is 23.8 Å². The molecule has 1 amide bonds. The van der Waals surface area contributed by atoms with Gasteiger partial charge in [-0.25, -0.2) is 0 Å². The normalized spacial score (nSPS) is 15.1. The number of aryl methyl sites for hydroxylation is 1. The Morgan fingerprint density at radius 2 is 1.96 bits per heavy atom. The van der Waals surface area contributed by atoms with Gasteiger partial charge in [-0.1, -0.05) is 6.07 Å². The van der Waals surface area contributed by atoms with Crippen LogP contribution in [0.1, 0.15) is 37.7 Å². The lowest BCUT2D eigenvalue weighted by atomic mass is 9.93. The van der Waals surface area contributed by atoms with E-state index in [4.69, 9.17) is 9.47 Å². The summed E-state index contributed by atoms with van der Waals surface area (Å²) in [5, 5.41) is 6.39. The molecule has 2 N–H and O–H groups in total. The number of nitrogens with one attached hydrogen (secondary N) is 2. The van der Waals surface area contributed by atoms with E-state index in [0.29, 0.717) is 12.3 Å². The molecule has 24 heavy (non-hydrogen) atoms. The van der Waals surface area contributed by atoms with Crippen LogP contribution in [0.5, 0.6) is 11.5 Å².